The summed E-state index contributed by atoms with van der Waals surface area (Å²) in [6.07, 6.45) is 3.02. The molecule has 3 nitrogen and oxygen atoms in total. The van der Waals surface area contributed by atoms with Crippen LogP contribution in [0.5, 0.6) is 0 Å². The summed E-state index contributed by atoms with van der Waals surface area (Å²) >= 11 is 0. The predicted octanol–water partition coefficient (Wildman–Crippen LogP) is 0.657. The highest BCUT2D eigenvalue weighted by molar-refractivity contribution is 5.31. The largest absolute Gasteiger partial charge is 0.192 e. The molecule has 0 aliphatic heterocycles. The molecule has 0 unspecified atom stereocenters. The lowest BCUT2D eigenvalue weighted by Gasteiger charge is -1.88. The SMILES string of the molecule is Cc1cnncc1C#N. The van der Waals surface area contributed by atoms with Gasteiger partial charge in [-0.15, -0.1) is 0 Å². The standard InChI is InChI=1S/C6H5N3/c1-5-3-8-9-4-6(5)2-7/h3-4H,1H3. The first kappa shape index (κ1) is 5.70. The number of hydrogen-bond donors (Lipinski definition) is 0. The fourth-order valence-corrected chi connectivity index (χ4v) is 0.499. The van der Waals surface area contributed by atoms with Crippen LogP contribution in [-0.2, 0) is 0 Å². The Bertz CT molecular complexity index is 249. The third-order valence-electron chi connectivity index (χ3n) is 1.05. The summed E-state index contributed by atoms with van der Waals surface area (Å²) in [5, 5.41) is 15.5. The second kappa shape index (κ2) is 2.23. The first-order valence-electron chi connectivity index (χ1n) is 2.52. The molecule has 9 heavy (non-hydrogen) atoms. The Balaban J connectivity index is 3.20. The second-order valence-electron chi connectivity index (χ2n) is 1.70. The normalized spacial score (nSPS) is 8.44. The monoisotopic (exact) mass is 119 g/mol. The lowest BCUT2D eigenvalue weighted by Crippen LogP contribution is -1.85. The lowest BCUT2D eigenvalue weighted by molar-refractivity contribution is 1.01. The molecule has 0 spiro atoms. The van der Waals surface area contributed by atoms with Crippen molar-refractivity contribution >= 4 is 0 Å². The predicted molar refractivity (Wildman–Crippen MR) is 31.5 cm³/mol. The summed E-state index contributed by atoms with van der Waals surface area (Å²) in [5.41, 5.74) is 1.46. The number of aromatic nitrogens is 2. The molecule has 1 heterocycles. The zero-order valence-electron chi connectivity index (χ0n) is 5.00. The Labute approximate surface area is 53.0 Å². The van der Waals surface area contributed by atoms with Gasteiger partial charge in [0.2, 0.25) is 0 Å². The van der Waals surface area contributed by atoms with E-state index in [9.17, 15) is 0 Å². The molecular weight excluding hydrogens is 114 g/mol. The van der Waals surface area contributed by atoms with Crippen molar-refractivity contribution in [1.29, 1.82) is 5.26 Å². The van der Waals surface area contributed by atoms with Crippen molar-refractivity contribution in [3.05, 3.63) is 23.5 Å². The van der Waals surface area contributed by atoms with E-state index in [0.29, 0.717) is 5.56 Å². The molecule has 0 aliphatic rings. The van der Waals surface area contributed by atoms with E-state index in [1.165, 1.54) is 6.20 Å². The van der Waals surface area contributed by atoms with Crippen molar-refractivity contribution in [3.8, 4) is 6.07 Å². The van der Waals surface area contributed by atoms with E-state index in [2.05, 4.69) is 10.2 Å². The summed E-state index contributed by atoms with van der Waals surface area (Å²) in [4.78, 5) is 0. The van der Waals surface area contributed by atoms with Crippen LogP contribution in [0.3, 0.4) is 0 Å². The van der Waals surface area contributed by atoms with Crippen LogP contribution < -0.4 is 0 Å². The molecule has 0 N–H and O–H groups in total. The minimum atomic E-state index is 0.588. The maximum absolute atomic E-state index is 8.40. The van der Waals surface area contributed by atoms with Gasteiger partial charge in [-0.25, -0.2) is 0 Å². The van der Waals surface area contributed by atoms with Crippen LogP contribution in [0.4, 0.5) is 0 Å². The molecule has 0 saturated heterocycles. The Kier molecular flexibility index (Phi) is 1.41. The van der Waals surface area contributed by atoms with Gasteiger partial charge in [-0.05, 0) is 12.5 Å². The molecule has 0 fully saturated rings. The summed E-state index contributed by atoms with van der Waals surface area (Å²) in [6.45, 7) is 1.83. The van der Waals surface area contributed by atoms with E-state index >= 15 is 0 Å². The number of aryl methyl sites for hydroxylation is 1. The van der Waals surface area contributed by atoms with E-state index in [-0.39, 0.29) is 0 Å². The van der Waals surface area contributed by atoms with Gasteiger partial charge in [0.05, 0.1) is 18.0 Å². The Morgan fingerprint density at radius 1 is 1.44 bits per heavy atom. The summed E-state index contributed by atoms with van der Waals surface area (Å²) in [7, 11) is 0. The fraction of sp³-hybridized carbons (Fsp3) is 0.167. The minimum absolute atomic E-state index is 0.588. The molecule has 44 valence electrons. The average molecular weight is 119 g/mol. The van der Waals surface area contributed by atoms with E-state index in [1.54, 1.807) is 6.20 Å². The van der Waals surface area contributed by atoms with Gasteiger partial charge < -0.3 is 0 Å². The number of nitriles is 1. The van der Waals surface area contributed by atoms with Crippen LogP contribution in [0.1, 0.15) is 11.1 Å². The number of rotatable bonds is 0. The van der Waals surface area contributed by atoms with Crippen molar-refractivity contribution in [1.82, 2.24) is 10.2 Å². The molecular formula is C6H5N3. The molecule has 0 radical (unpaired) electrons. The van der Waals surface area contributed by atoms with Crippen LogP contribution in [0.25, 0.3) is 0 Å². The fourth-order valence-electron chi connectivity index (χ4n) is 0.499. The smallest absolute Gasteiger partial charge is 0.101 e. The number of nitrogens with zero attached hydrogens (tertiary/aromatic N) is 3. The third-order valence-corrected chi connectivity index (χ3v) is 1.05. The van der Waals surface area contributed by atoms with Crippen molar-refractivity contribution in [2.45, 2.75) is 6.92 Å². The van der Waals surface area contributed by atoms with Gasteiger partial charge in [-0.2, -0.15) is 15.5 Å². The Morgan fingerprint density at radius 3 is 2.56 bits per heavy atom. The second-order valence-corrected chi connectivity index (χ2v) is 1.70. The van der Waals surface area contributed by atoms with E-state index in [0.717, 1.165) is 5.56 Å². The molecule has 0 bridgehead atoms. The molecule has 1 aromatic heterocycles. The van der Waals surface area contributed by atoms with E-state index < -0.39 is 0 Å². The van der Waals surface area contributed by atoms with Crippen LogP contribution in [0.15, 0.2) is 12.4 Å². The van der Waals surface area contributed by atoms with Crippen molar-refractivity contribution in [2.24, 2.45) is 0 Å². The van der Waals surface area contributed by atoms with E-state index in [1.807, 2.05) is 13.0 Å². The van der Waals surface area contributed by atoms with Gasteiger partial charge >= 0.3 is 0 Å². The van der Waals surface area contributed by atoms with Gasteiger partial charge in [-0.3, -0.25) is 0 Å². The maximum Gasteiger partial charge on any atom is 0.101 e. The van der Waals surface area contributed by atoms with Gasteiger partial charge in [0, 0.05) is 0 Å². The molecule has 0 aliphatic carbocycles. The Hall–Kier alpha value is -1.43. The Morgan fingerprint density at radius 2 is 2.11 bits per heavy atom. The zero-order valence-corrected chi connectivity index (χ0v) is 5.00. The topological polar surface area (TPSA) is 49.6 Å². The highest BCUT2D eigenvalue weighted by Gasteiger charge is 1.92. The summed E-state index contributed by atoms with van der Waals surface area (Å²) < 4.78 is 0. The van der Waals surface area contributed by atoms with Crippen LogP contribution in [0, 0.1) is 18.3 Å². The van der Waals surface area contributed by atoms with Crippen molar-refractivity contribution in [2.75, 3.05) is 0 Å². The highest BCUT2D eigenvalue weighted by Crippen LogP contribution is 1.98. The zero-order chi connectivity index (χ0) is 6.69. The molecule has 3 heteroatoms. The quantitative estimate of drug-likeness (QED) is 0.504. The average Bonchev–Trinajstić information content (AvgIpc) is 1.89. The van der Waals surface area contributed by atoms with Gasteiger partial charge in [0.15, 0.2) is 0 Å². The first-order chi connectivity index (χ1) is 4.34. The van der Waals surface area contributed by atoms with Crippen molar-refractivity contribution in [3.63, 3.8) is 0 Å². The van der Waals surface area contributed by atoms with Gasteiger partial charge in [0.1, 0.15) is 6.07 Å². The molecule has 0 amide bonds. The minimum Gasteiger partial charge on any atom is -0.192 e. The van der Waals surface area contributed by atoms with Gasteiger partial charge in [-0.1, -0.05) is 0 Å². The molecule has 0 aromatic carbocycles. The molecule has 1 aromatic rings. The highest BCUT2D eigenvalue weighted by atomic mass is 15.1. The van der Waals surface area contributed by atoms with Crippen LogP contribution in [0.2, 0.25) is 0 Å². The molecule has 0 saturated carbocycles. The molecule has 0 atom stereocenters. The summed E-state index contributed by atoms with van der Waals surface area (Å²) in [5.74, 6) is 0. The van der Waals surface area contributed by atoms with Crippen LogP contribution in [-0.4, -0.2) is 10.2 Å². The van der Waals surface area contributed by atoms with Crippen LogP contribution >= 0.6 is 0 Å². The van der Waals surface area contributed by atoms with Gasteiger partial charge in [0.25, 0.3) is 0 Å². The summed E-state index contributed by atoms with van der Waals surface area (Å²) in [6, 6.07) is 1.99. The molecule has 1 rings (SSSR count). The lowest BCUT2D eigenvalue weighted by atomic mass is 10.2. The third kappa shape index (κ3) is 1.03. The number of hydrogen-bond acceptors (Lipinski definition) is 3. The first-order valence-corrected chi connectivity index (χ1v) is 2.52. The van der Waals surface area contributed by atoms with E-state index in [4.69, 9.17) is 5.26 Å². The maximum atomic E-state index is 8.40. The van der Waals surface area contributed by atoms with Crippen molar-refractivity contribution < 1.29 is 0 Å².